The average Bonchev–Trinajstić information content (AvgIpc) is 2.86. The van der Waals surface area contributed by atoms with E-state index in [4.69, 9.17) is 11.6 Å². The number of halogens is 1. The van der Waals surface area contributed by atoms with Gasteiger partial charge in [-0.1, -0.05) is 6.92 Å². The van der Waals surface area contributed by atoms with Crippen molar-refractivity contribution in [1.82, 2.24) is 5.32 Å². The molecule has 1 unspecified atom stereocenters. The van der Waals surface area contributed by atoms with Gasteiger partial charge in [0.2, 0.25) is 5.91 Å². The van der Waals surface area contributed by atoms with Crippen molar-refractivity contribution in [2.75, 3.05) is 6.54 Å². The van der Waals surface area contributed by atoms with Crippen LogP contribution in [-0.2, 0) is 4.79 Å². The SMILES string of the molecule is CCC(Cl)CCNC(=O)C1CC1. The van der Waals surface area contributed by atoms with Crippen molar-refractivity contribution >= 4 is 17.5 Å². The van der Waals surface area contributed by atoms with Crippen LogP contribution in [0.1, 0.15) is 32.6 Å². The van der Waals surface area contributed by atoms with Crippen LogP contribution in [0.4, 0.5) is 0 Å². The van der Waals surface area contributed by atoms with Crippen LogP contribution in [0.25, 0.3) is 0 Å². The van der Waals surface area contributed by atoms with Crippen LogP contribution in [0.5, 0.6) is 0 Å². The standard InChI is InChI=1S/C9H16ClNO/c1-2-8(10)5-6-11-9(12)7-3-4-7/h7-8H,2-6H2,1H3,(H,11,12). The first-order valence-electron chi connectivity index (χ1n) is 4.65. The van der Waals surface area contributed by atoms with E-state index in [0.29, 0.717) is 5.92 Å². The molecule has 3 heteroatoms. The molecule has 0 spiro atoms. The Morgan fingerprint density at radius 2 is 2.33 bits per heavy atom. The molecule has 2 nitrogen and oxygen atoms in total. The van der Waals surface area contributed by atoms with Gasteiger partial charge in [0.05, 0.1) is 0 Å². The van der Waals surface area contributed by atoms with Gasteiger partial charge in [0.1, 0.15) is 0 Å². The Balaban J connectivity index is 1.97. The number of alkyl halides is 1. The topological polar surface area (TPSA) is 29.1 Å². The Kier molecular flexibility index (Phi) is 3.86. The Morgan fingerprint density at radius 3 is 2.83 bits per heavy atom. The van der Waals surface area contributed by atoms with Crippen molar-refractivity contribution in [1.29, 1.82) is 0 Å². The van der Waals surface area contributed by atoms with Crippen LogP contribution in [0.2, 0.25) is 0 Å². The molecule has 0 saturated heterocycles. The van der Waals surface area contributed by atoms with Gasteiger partial charge in [-0.3, -0.25) is 4.79 Å². The number of carbonyl (C=O) groups excluding carboxylic acids is 1. The number of carbonyl (C=O) groups is 1. The largest absolute Gasteiger partial charge is 0.356 e. The minimum absolute atomic E-state index is 0.213. The first-order valence-corrected chi connectivity index (χ1v) is 5.09. The molecule has 1 aliphatic rings. The highest BCUT2D eigenvalue weighted by Gasteiger charge is 2.29. The zero-order chi connectivity index (χ0) is 8.97. The number of rotatable bonds is 5. The predicted molar refractivity (Wildman–Crippen MR) is 50.3 cm³/mol. The van der Waals surface area contributed by atoms with E-state index in [1.54, 1.807) is 0 Å². The zero-order valence-corrected chi connectivity index (χ0v) is 8.23. The quantitative estimate of drug-likeness (QED) is 0.658. The van der Waals surface area contributed by atoms with Crippen LogP contribution in [0.3, 0.4) is 0 Å². The summed E-state index contributed by atoms with van der Waals surface area (Å²) in [6.07, 6.45) is 4.01. The molecule has 0 aromatic carbocycles. The lowest BCUT2D eigenvalue weighted by Gasteiger charge is -2.06. The number of hydrogen-bond donors (Lipinski definition) is 1. The van der Waals surface area contributed by atoms with Gasteiger partial charge in [-0.05, 0) is 25.7 Å². The molecule has 1 amide bonds. The summed E-state index contributed by atoms with van der Waals surface area (Å²) < 4.78 is 0. The van der Waals surface area contributed by atoms with E-state index in [1.165, 1.54) is 0 Å². The van der Waals surface area contributed by atoms with Crippen LogP contribution in [0.15, 0.2) is 0 Å². The maximum Gasteiger partial charge on any atom is 0.223 e. The van der Waals surface area contributed by atoms with E-state index < -0.39 is 0 Å². The zero-order valence-electron chi connectivity index (χ0n) is 7.48. The first-order chi connectivity index (χ1) is 5.74. The van der Waals surface area contributed by atoms with Crippen LogP contribution < -0.4 is 5.32 Å². The Labute approximate surface area is 78.7 Å². The third-order valence-corrected chi connectivity index (χ3v) is 2.67. The predicted octanol–water partition coefficient (Wildman–Crippen LogP) is 1.92. The second-order valence-corrected chi connectivity index (χ2v) is 3.98. The minimum atomic E-state index is 0.213. The fraction of sp³-hybridized carbons (Fsp3) is 0.889. The molecule has 0 aromatic rings. The highest BCUT2D eigenvalue weighted by Crippen LogP contribution is 2.28. The molecule has 1 fully saturated rings. The van der Waals surface area contributed by atoms with Crippen molar-refractivity contribution in [3.8, 4) is 0 Å². The summed E-state index contributed by atoms with van der Waals surface area (Å²) in [5, 5.41) is 3.10. The summed E-state index contributed by atoms with van der Waals surface area (Å²) in [4.78, 5) is 11.1. The van der Waals surface area contributed by atoms with E-state index in [9.17, 15) is 4.79 Å². The molecule has 1 N–H and O–H groups in total. The van der Waals surface area contributed by atoms with Crippen LogP contribution >= 0.6 is 11.6 Å². The fourth-order valence-corrected chi connectivity index (χ4v) is 1.16. The van der Waals surface area contributed by atoms with Gasteiger partial charge in [0.15, 0.2) is 0 Å². The molecule has 1 aliphatic carbocycles. The molecule has 12 heavy (non-hydrogen) atoms. The van der Waals surface area contributed by atoms with Gasteiger partial charge >= 0.3 is 0 Å². The smallest absolute Gasteiger partial charge is 0.223 e. The van der Waals surface area contributed by atoms with E-state index in [2.05, 4.69) is 12.2 Å². The third kappa shape index (κ3) is 3.44. The van der Waals surface area contributed by atoms with Crippen molar-refractivity contribution in [2.45, 2.75) is 38.0 Å². The molecule has 70 valence electrons. The Bertz CT molecular complexity index is 157. The molecule has 1 rings (SSSR count). The monoisotopic (exact) mass is 189 g/mol. The molecular formula is C9H16ClNO. The van der Waals surface area contributed by atoms with Gasteiger partial charge < -0.3 is 5.32 Å². The molecule has 1 saturated carbocycles. The highest BCUT2D eigenvalue weighted by molar-refractivity contribution is 6.20. The molecule has 0 aliphatic heterocycles. The van der Waals surface area contributed by atoms with Crippen LogP contribution in [-0.4, -0.2) is 17.8 Å². The lowest BCUT2D eigenvalue weighted by Crippen LogP contribution is -2.27. The van der Waals surface area contributed by atoms with Crippen molar-refractivity contribution in [3.05, 3.63) is 0 Å². The summed E-state index contributed by atoms with van der Waals surface area (Å²) in [6.45, 7) is 2.79. The van der Waals surface area contributed by atoms with Crippen molar-refractivity contribution < 1.29 is 4.79 Å². The van der Waals surface area contributed by atoms with Crippen molar-refractivity contribution in [3.63, 3.8) is 0 Å². The Morgan fingerprint density at radius 1 is 1.67 bits per heavy atom. The van der Waals surface area contributed by atoms with Gasteiger partial charge in [0, 0.05) is 17.8 Å². The fourth-order valence-electron chi connectivity index (χ4n) is 1.05. The number of amides is 1. The maximum atomic E-state index is 11.1. The molecule has 0 heterocycles. The van der Waals surface area contributed by atoms with Gasteiger partial charge in [0.25, 0.3) is 0 Å². The lowest BCUT2D eigenvalue weighted by atomic mass is 10.2. The molecule has 0 bridgehead atoms. The van der Waals surface area contributed by atoms with Gasteiger partial charge in [-0.15, -0.1) is 11.6 Å². The number of hydrogen-bond acceptors (Lipinski definition) is 1. The maximum absolute atomic E-state index is 11.1. The summed E-state index contributed by atoms with van der Waals surface area (Å²) in [5.41, 5.74) is 0. The number of nitrogens with one attached hydrogen (secondary N) is 1. The normalized spacial score (nSPS) is 18.8. The summed E-state index contributed by atoms with van der Waals surface area (Å²) >= 11 is 5.89. The molecule has 0 radical (unpaired) electrons. The second kappa shape index (κ2) is 4.70. The van der Waals surface area contributed by atoms with E-state index in [1.807, 2.05) is 0 Å². The van der Waals surface area contributed by atoms with Crippen LogP contribution in [0, 0.1) is 5.92 Å². The Hall–Kier alpha value is -0.240. The lowest BCUT2D eigenvalue weighted by molar-refractivity contribution is -0.122. The minimum Gasteiger partial charge on any atom is -0.356 e. The summed E-state index contributed by atoms with van der Waals surface area (Å²) in [6, 6.07) is 0. The van der Waals surface area contributed by atoms with E-state index in [0.717, 1.165) is 32.2 Å². The second-order valence-electron chi connectivity index (χ2n) is 3.36. The summed E-state index contributed by atoms with van der Waals surface area (Å²) in [7, 11) is 0. The van der Waals surface area contributed by atoms with Gasteiger partial charge in [-0.2, -0.15) is 0 Å². The van der Waals surface area contributed by atoms with E-state index in [-0.39, 0.29) is 11.3 Å². The highest BCUT2D eigenvalue weighted by atomic mass is 35.5. The molecule has 0 aromatic heterocycles. The van der Waals surface area contributed by atoms with E-state index >= 15 is 0 Å². The van der Waals surface area contributed by atoms with Gasteiger partial charge in [-0.25, -0.2) is 0 Å². The van der Waals surface area contributed by atoms with Crippen molar-refractivity contribution in [2.24, 2.45) is 5.92 Å². The summed E-state index contributed by atoms with van der Waals surface area (Å²) in [5.74, 6) is 0.537. The average molecular weight is 190 g/mol. The molecule has 1 atom stereocenters. The molecular weight excluding hydrogens is 174 g/mol. The first kappa shape index (κ1) is 9.85. The third-order valence-electron chi connectivity index (χ3n) is 2.15.